The number of aryl methyl sites for hydroxylation is 10. The van der Waals surface area contributed by atoms with E-state index in [-0.39, 0.29) is 5.43 Å². The van der Waals surface area contributed by atoms with Gasteiger partial charge in [-0.1, -0.05) is 98.5 Å². The van der Waals surface area contributed by atoms with E-state index < -0.39 is 18.0 Å². The molecule has 0 N–H and O–H groups in total. The molecule has 0 bridgehead atoms. The molecule has 6 heteroatoms. The molecule has 8 rings (SSSR count). The van der Waals surface area contributed by atoms with Crippen molar-refractivity contribution < 1.29 is 26.8 Å². The van der Waals surface area contributed by atoms with Crippen LogP contribution in [0, 0.1) is 41.5 Å². The van der Waals surface area contributed by atoms with Crippen molar-refractivity contribution in [2.24, 2.45) is 0 Å². The van der Waals surface area contributed by atoms with Crippen LogP contribution in [0.2, 0.25) is 13.1 Å². The Hall–Kier alpha value is -3.66. The zero-order valence-corrected chi connectivity index (χ0v) is 42.6. The zero-order chi connectivity index (χ0) is 43.4. The first-order valence-electron chi connectivity index (χ1n) is 21.4. The molecule has 0 aliphatic heterocycles. The van der Waals surface area contributed by atoms with E-state index in [1.165, 1.54) is 88.3 Å². The van der Waals surface area contributed by atoms with Gasteiger partial charge in [0, 0.05) is 0 Å². The third-order valence-corrected chi connectivity index (χ3v) is 31.5. The minimum atomic E-state index is -1.65. The fraction of sp³-hybridized carbons (Fsp3) is 0.296. The Labute approximate surface area is 374 Å². The van der Waals surface area contributed by atoms with Crippen molar-refractivity contribution in [1.82, 2.24) is 0 Å². The van der Waals surface area contributed by atoms with Crippen LogP contribution in [0.25, 0.3) is 66.4 Å². The van der Waals surface area contributed by atoms with Crippen molar-refractivity contribution in [1.29, 1.82) is 0 Å². The third-order valence-electron chi connectivity index (χ3n) is 11.8. The summed E-state index contributed by atoms with van der Waals surface area (Å²) < 4.78 is 12.0. The van der Waals surface area contributed by atoms with Gasteiger partial charge in [-0.05, 0) is 135 Å². The topological polar surface area (TPSA) is 26.3 Å². The molecule has 0 aliphatic carbocycles. The summed E-state index contributed by atoms with van der Waals surface area (Å²) in [4.78, 5) is 0. The molecule has 312 valence electrons. The Bertz CT molecular complexity index is 2540. The van der Waals surface area contributed by atoms with Gasteiger partial charge >= 0.3 is 53.5 Å². The van der Waals surface area contributed by atoms with Crippen molar-refractivity contribution in [3.05, 3.63) is 153 Å². The predicted octanol–water partition coefficient (Wildman–Crippen LogP) is 17.2. The van der Waals surface area contributed by atoms with Crippen LogP contribution in [-0.4, -0.2) is 5.43 Å². The Balaban J connectivity index is 0.000000177. The molecule has 0 atom stereocenters. The molecule has 2 aromatic heterocycles. The number of furan rings is 2. The van der Waals surface area contributed by atoms with Crippen molar-refractivity contribution in [3.63, 3.8) is 0 Å². The average Bonchev–Trinajstić information content (AvgIpc) is 4.03. The summed E-state index contributed by atoms with van der Waals surface area (Å²) in [6.07, 6.45) is 4.25. The van der Waals surface area contributed by atoms with Crippen molar-refractivity contribution >= 4 is 44.0 Å². The summed E-state index contributed by atoms with van der Waals surface area (Å²) in [5, 5.41) is 5.17. The fourth-order valence-corrected chi connectivity index (χ4v) is 7.89. The maximum atomic E-state index is 5.98. The van der Waals surface area contributed by atoms with Crippen LogP contribution < -0.4 is 0 Å². The summed E-state index contributed by atoms with van der Waals surface area (Å²) in [5.74, 6) is 3.91. The number of halogens is 2. The van der Waals surface area contributed by atoms with Crippen molar-refractivity contribution in [3.8, 4) is 44.9 Å². The maximum absolute atomic E-state index is 5.98. The molecule has 0 amide bonds. The SMILES string of the molecule is CCc1cc(CC)cc(-c2c(C)ccc3[cH-]c(-c4cc(C)c(C)o4)cc23)c1.CCc1cc(CC)cc(-c2c(C)ccc3[cH-]c(-c4cc(C)c(C)o4)cc23)c1.C[Si](C)=[Zr]([Cl])[Cl]. The number of hydrogen-bond donors (Lipinski definition) is 0. The Morgan fingerprint density at radius 1 is 0.483 bits per heavy atom. The van der Waals surface area contributed by atoms with Gasteiger partial charge in [0.05, 0.1) is 23.0 Å². The summed E-state index contributed by atoms with van der Waals surface area (Å²) in [7, 11) is 11.2. The van der Waals surface area contributed by atoms with Crippen LogP contribution in [0.5, 0.6) is 0 Å². The summed E-state index contributed by atoms with van der Waals surface area (Å²) in [6, 6.07) is 36.4. The van der Waals surface area contributed by atoms with Gasteiger partial charge in [-0.15, -0.1) is 57.9 Å². The fourth-order valence-electron chi connectivity index (χ4n) is 7.89. The molecule has 0 saturated heterocycles. The van der Waals surface area contributed by atoms with Crippen LogP contribution in [0.3, 0.4) is 0 Å². The van der Waals surface area contributed by atoms with E-state index in [4.69, 9.17) is 25.9 Å². The van der Waals surface area contributed by atoms with Gasteiger partial charge in [0.2, 0.25) is 0 Å². The Morgan fingerprint density at radius 2 is 0.817 bits per heavy atom. The van der Waals surface area contributed by atoms with Gasteiger partial charge in [0.15, 0.2) is 0 Å². The van der Waals surface area contributed by atoms with Gasteiger partial charge < -0.3 is 8.83 Å². The standard InChI is InChI=1S/2C26H27O.C2H6Si.2ClH.Zr/c2*1-6-19-11-20(7-2)13-23(12-19)26-16(3)8-9-21-14-22(15-24(21)26)25-10-17(4)18(5)27-25;1-3-2;;;/h2*8-15H,6-7H2,1-5H3;1-2H3;2*1H;/q2*-1;;;;+2/p-2. The summed E-state index contributed by atoms with van der Waals surface area (Å²) in [6.45, 7) is 25.9. The van der Waals surface area contributed by atoms with E-state index in [9.17, 15) is 0 Å². The van der Waals surface area contributed by atoms with Crippen LogP contribution in [0.1, 0.15) is 83.7 Å². The molecule has 2 nitrogen and oxygen atoms in total. The predicted molar refractivity (Wildman–Crippen MR) is 260 cm³/mol. The first kappa shape index (κ1) is 45.9. The van der Waals surface area contributed by atoms with E-state index in [0.717, 1.165) is 59.9 Å². The average molecular weight is 931 g/mol. The molecule has 0 radical (unpaired) electrons. The number of benzene rings is 4. The quantitative estimate of drug-likeness (QED) is 0.112. The molecule has 0 fully saturated rings. The first-order chi connectivity index (χ1) is 28.6. The Kier molecular flexibility index (Phi) is 15.3. The van der Waals surface area contributed by atoms with E-state index >= 15 is 0 Å². The second-order valence-corrected chi connectivity index (χ2v) is 39.4. The molecule has 0 unspecified atom stereocenters. The van der Waals surface area contributed by atoms with E-state index in [0.29, 0.717) is 0 Å². The number of hydrogen-bond acceptors (Lipinski definition) is 2. The normalized spacial score (nSPS) is 11.1. The molecule has 6 aromatic carbocycles. The molecule has 0 spiro atoms. The second kappa shape index (κ2) is 20.0. The second-order valence-electron chi connectivity index (χ2n) is 16.5. The molecular formula is C54H60Cl2O2SiZr-2. The van der Waals surface area contributed by atoms with Gasteiger partial charge in [-0.2, -0.15) is 0 Å². The van der Waals surface area contributed by atoms with Gasteiger partial charge in [-0.3, -0.25) is 0 Å². The van der Waals surface area contributed by atoms with Gasteiger partial charge in [-0.25, -0.2) is 0 Å². The molecule has 8 aromatic rings. The Morgan fingerprint density at radius 3 is 1.08 bits per heavy atom. The first-order valence-corrected chi connectivity index (χ1v) is 34.0. The van der Waals surface area contributed by atoms with Crippen LogP contribution in [0.4, 0.5) is 0 Å². The summed E-state index contributed by atoms with van der Waals surface area (Å²) >= 11 is -1.65. The molecular weight excluding hydrogens is 871 g/mol. The van der Waals surface area contributed by atoms with E-state index in [1.54, 1.807) is 0 Å². The van der Waals surface area contributed by atoms with E-state index in [2.05, 4.69) is 166 Å². The zero-order valence-electron chi connectivity index (χ0n) is 37.6. The molecule has 60 heavy (non-hydrogen) atoms. The number of rotatable bonds is 8. The van der Waals surface area contributed by atoms with Gasteiger partial charge in [0.25, 0.3) is 0 Å². The van der Waals surface area contributed by atoms with Crippen LogP contribution in [0.15, 0.2) is 106 Å². The van der Waals surface area contributed by atoms with Crippen molar-refractivity contribution in [2.45, 2.75) is 108 Å². The van der Waals surface area contributed by atoms with Crippen LogP contribution >= 0.6 is 17.0 Å². The van der Waals surface area contributed by atoms with Gasteiger partial charge in [0.1, 0.15) is 0 Å². The van der Waals surface area contributed by atoms with Crippen LogP contribution in [-0.2, 0) is 43.7 Å². The number of fused-ring (bicyclic) bond motifs is 2. The third kappa shape index (κ3) is 10.3. The van der Waals surface area contributed by atoms with E-state index in [1.807, 2.05) is 13.8 Å². The summed E-state index contributed by atoms with van der Waals surface area (Å²) in [5.41, 5.74) is 18.1. The van der Waals surface area contributed by atoms with Crippen molar-refractivity contribution in [2.75, 3.05) is 0 Å². The molecule has 0 aliphatic rings. The monoisotopic (exact) mass is 928 g/mol. The molecule has 0 saturated carbocycles. The minimum absolute atomic E-state index is 0.224. The molecule has 2 heterocycles.